The van der Waals surface area contributed by atoms with Crippen LogP contribution in [-0.2, 0) is 0 Å². The Bertz CT molecular complexity index is 725. The molecule has 19 heavy (non-hydrogen) atoms. The van der Waals surface area contributed by atoms with Gasteiger partial charge in [-0.1, -0.05) is 13.3 Å². The molecule has 6 heteroatoms. The molecule has 1 unspecified atom stereocenters. The van der Waals surface area contributed by atoms with Crippen molar-refractivity contribution in [2.45, 2.75) is 32.7 Å². The largest absolute Gasteiger partial charge is 0.349 e. The predicted molar refractivity (Wildman–Crippen MR) is 80.3 cm³/mol. The Balaban J connectivity index is 1.88. The van der Waals surface area contributed by atoms with E-state index in [-0.39, 0.29) is 11.9 Å². The van der Waals surface area contributed by atoms with Crippen LogP contribution in [0.2, 0.25) is 0 Å². The van der Waals surface area contributed by atoms with Crippen LogP contribution in [0, 0.1) is 0 Å². The fourth-order valence-corrected chi connectivity index (χ4v) is 3.86. The minimum Gasteiger partial charge on any atom is -0.349 e. The van der Waals surface area contributed by atoms with Gasteiger partial charge >= 0.3 is 0 Å². The number of nitrogens with zero attached hydrogens (tertiary/aromatic N) is 2. The molecule has 1 amide bonds. The number of fused-ring (bicyclic) bond motifs is 3. The third-order valence-corrected chi connectivity index (χ3v) is 4.84. The Hall–Kier alpha value is -1.40. The Morgan fingerprint density at radius 1 is 1.58 bits per heavy atom. The quantitative estimate of drug-likeness (QED) is 0.800. The smallest absolute Gasteiger partial charge is 0.261 e. The summed E-state index contributed by atoms with van der Waals surface area (Å²) >= 11 is 3.07. The van der Waals surface area contributed by atoms with Crippen LogP contribution in [-0.4, -0.2) is 21.3 Å². The van der Waals surface area contributed by atoms with Gasteiger partial charge < -0.3 is 5.32 Å². The molecule has 0 aromatic carbocycles. The molecule has 0 radical (unpaired) electrons. The summed E-state index contributed by atoms with van der Waals surface area (Å²) in [6.45, 7) is 4.16. The van der Waals surface area contributed by atoms with Gasteiger partial charge in [-0.2, -0.15) is 0 Å². The van der Waals surface area contributed by atoms with E-state index in [1.807, 2.05) is 29.0 Å². The normalized spacial score (nSPS) is 13.2. The first-order valence-corrected chi connectivity index (χ1v) is 8.04. The molecular formula is C13H15N3OS2. The van der Waals surface area contributed by atoms with Crippen molar-refractivity contribution in [1.29, 1.82) is 0 Å². The number of hydrogen-bond acceptors (Lipinski definition) is 4. The molecule has 0 bridgehead atoms. The molecule has 0 aliphatic heterocycles. The van der Waals surface area contributed by atoms with Gasteiger partial charge in [-0.05, 0) is 19.4 Å². The highest BCUT2D eigenvalue weighted by molar-refractivity contribution is 7.21. The molecule has 4 nitrogen and oxygen atoms in total. The summed E-state index contributed by atoms with van der Waals surface area (Å²) < 4.78 is 2.03. The fraction of sp³-hybridized carbons (Fsp3) is 0.385. The second-order valence-corrected chi connectivity index (χ2v) is 6.54. The van der Waals surface area contributed by atoms with E-state index in [2.05, 4.69) is 17.2 Å². The van der Waals surface area contributed by atoms with Gasteiger partial charge in [0, 0.05) is 17.6 Å². The van der Waals surface area contributed by atoms with Crippen LogP contribution >= 0.6 is 22.7 Å². The molecule has 0 saturated heterocycles. The zero-order valence-corrected chi connectivity index (χ0v) is 12.5. The maximum atomic E-state index is 12.1. The number of thiophene rings is 1. The molecule has 1 N–H and O–H groups in total. The minimum atomic E-state index is 0.00734. The average molecular weight is 293 g/mol. The van der Waals surface area contributed by atoms with Crippen LogP contribution in [0.5, 0.6) is 0 Å². The Kier molecular flexibility index (Phi) is 3.28. The van der Waals surface area contributed by atoms with Gasteiger partial charge in [0.15, 0.2) is 4.96 Å². The standard InChI is InChI=1S/C13H15N3OS2/c1-3-4-8(2)14-11(17)10-7-9-12(19-10)15-13-16(9)5-6-18-13/h5-8H,3-4H2,1-2H3,(H,14,17). The van der Waals surface area contributed by atoms with Crippen LogP contribution < -0.4 is 5.32 Å². The summed E-state index contributed by atoms with van der Waals surface area (Å²) in [7, 11) is 0. The summed E-state index contributed by atoms with van der Waals surface area (Å²) in [5.74, 6) is 0.00734. The maximum Gasteiger partial charge on any atom is 0.261 e. The van der Waals surface area contributed by atoms with Gasteiger partial charge in [0.05, 0.1) is 10.4 Å². The van der Waals surface area contributed by atoms with Crippen molar-refractivity contribution in [2.24, 2.45) is 0 Å². The van der Waals surface area contributed by atoms with E-state index in [1.54, 1.807) is 11.3 Å². The van der Waals surface area contributed by atoms with Gasteiger partial charge in [0.25, 0.3) is 5.91 Å². The third kappa shape index (κ3) is 2.26. The second kappa shape index (κ2) is 4.94. The van der Waals surface area contributed by atoms with Crippen molar-refractivity contribution in [3.8, 4) is 0 Å². The predicted octanol–water partition coefficient (Wildman–Crippen LogP) is 3.53. The summed E-state index contributed by atoms with van der Waals surface area (Å²) in [6.07, 6.45) is 4.07. The van der Waals surface area contributed by atoms with E-state index in [1.165, 1.54) is 11.3 Å². The average Bonchev–Trinajstić information content (AvgIpc) is 2.98. The maximum absolute atomic E-state index is 12.1. The summed E-state index contributed by atoms with van der Waals surface area (Å²) in [5.41, 5.74) is 1.02. The number of amides is 1. The van der Waals surface area contributed by atoms with Crippen molar-refractivity contribution < 1.29 is 4.79 Å². The number of nitrogens with one attached hydrogen (secondary N) is 1. The van der Waals surface area contributed by atoms with E-state index >= 15 is 0 Å². The van der Waals surface area contributed by atoms with Gasteiger partial charge in [-0.25, -0.2) is 4.98 Å². The number of thiazole rings is 1. The molecule has 3 aromatic heterocycles. The van der Waals surface area contributed by atoms with Crippen LogP contribution in [0.4, 0.5) is 0 Å². The van der Waals surface area contributed by atoms with Crippen molar-refractivity contribution in [2.75, 3.05) is 0 Å². The molecule has 3 heterocycles. The topological polar surface area (TPSA) is 46.4 Å². The first-order valence-electron chi connectivity index (χ1n) is 6.35. The number of aromatic nitrogens is 2. The van der Waals surface area contributed by atoms with Crippen molar-refractivity contribution in [1.82, 2.24) is 14.7 Å². The molecule has 3 aromatic rings. The van der Waals surface area contributed by atoms with E-state index < -0.39 is 0 Å². The number of rotatable bonds is 4. The molecule has 100 valence electrons. The van der Waals surface area contributed by atoms with E-state index in [0.29, 0.717) is 0 Å². The summed E-state index contributed by atoms with van der Waals surface area (Å²) in [4.78, 5) is 19.3. The number of carbonyl (C=O) groups is 1. The minimum absolute atomic E-state index is 0.00734. The second-order valence-electron chi connectivity index (χ2n) is 4.63. The molecule has 0 saturated carbocycles. The first-order chi connectivity index (χ1) is 9.19. The molecule has 0 fully saturated rings. The fourth-order valence-electron chi connectivity index (χ4n) is 2.16. The zero-order chi connectivity index (χ0) is 13.4. The molecule has 3 rings (SSSR count). The monoisotopic (exact) mass is 293 g/mol. The third-order valence-electron chi connectivity index (χ3n) is 3.06. The van der Waals surface area contributed by atoms with Crippen LogP contribution in [0.25, 0.3) is 15.3 Å². The Morgan fingerprint density at radius 3 is 3.21 bits per heavy atom. The lowest BCUT2D eigenvalue weighted by atomic mass is 10.2. The first kappa shape index (κ1) is 12.6. The SMILES string of the molecule is CCCC(C)NC(=O)c1cc2c(nc3sccn32)s1. The molecule has 1 atom stereocenters. The van der Waals surface area contributed by atoms with E-state index in [0.717, 1.165) is 33.0 Å². The highest BCUT2D eigenvalue weighted by Crippen LogP contribution is 2.28. The number of imidazole rings is 1. The van der Waals surface area contributed by atoms with Crippen molar-refractivity contribution in [3.63, 3.8) is 0 Å². The van der Waals surface area contributed by atoms with Crippen molar-refractivity contribution >= 4 is 43.9 Å². The Labute approximate surface area is 119 Å². The number of hydrogen-bond donors (Lipinski definition) is 1. The lowest BCUT2D eigenvalue weighted by Crippen LogP contribution is -2.31. The van der Waals surface area contributed by atoms with Crippen LogP contribution in [0.3, 0.4) is 0 Å². The van der Waals surface area contributed by atoms with Crippen LogP contribution in [0.1, 0.15) is 36.4 Å². The molecular weight excluding hydrogens is 278 g/mol. The Morgan fingerprint density at radius 2 is 2.42 bits per heavy atom. The lowest BCUT2D eigenvalue weighted by molar-refractivity contribution is 0.0942. The highest BCUT2D eigenvalue weighted by atomic mass is 32.1. The van der Waals surface area contributed by atoms with E-state index in [9.17, 15) is 4.79 Å². The summed E-state index contributed by atoms with van der Waals surface area (Å²) in [6, 6.07) is 2.15. The summed E-state index contributed by atoms with van der Waals surface area (Å²) in [5, 5.41) is 5.03. The zero-order valence-electron chi connectivity index (χ0n) is 10.8. The van der Waals surface area contributed by atoms with Gasteiger partial charge in [0.2, 0.25) is 0 Å². The van der Waals surface area contributed by atoms with Crippen LogP contribution in [0.15, 0.2) is 17.6 Å². The van der Waals surface area contributed by atoms with E-state index in [4.69, 9.17) is 0 Å². The molecule has 0 spiro atoms. The molecule has 0 aliphatic rings. The number of carbonyl (C=O) groups excluding carboxylic acids is 1. The van der Waals surface area contributed by atoms with Gasteiger partial charge in [0.1, 0.15) is 4.83 Å². The lowest BCUT2D eigenvalue weighted by Gasteiger charge is -2.11. The van der Waals surface area contributed by atoms with Gasteiger partial charge in [-0.3, -0.25) is 9.20 Å². The van der Waals surface area contributed by atoms with Crippen molar-refractivity contribution in [3.05, 3.63) is 22.5 Å². The highest BCUT2D eigenvalue weighted by Gasteiger charge is 2.16. The van der Waals surface area contributed by atoms with Gasteiger partial charge in [-0.15, -0.1) is 22.7 Å². The molecule has 0 aliphatic carbocycles.